The first kappa shape index (κ1) is 16.3. The highest BCUT2D eigenvalue weighted by molar-refractivity contribution is 5.27. The molecule has 1 saturated heterocycles. The summed E-state index contributed by atoms with van der Waals surface area (Å²) < 4.78 is 11.5. The fourth-order valence-electron chi connectivity index (χ4n) is 2.69. The summed E-state index contributed by atoms with van der Waals surface area (Å²) in [5.74, 6) is 0.973. The van der Waals surface area contributed by atoms with Crippen molar-refractivity contribution < 1.29 is 9.47 Å². The topological polar surface area (TPSA) is 30.5 Å². The largest absolute Gasteiger partial charge is 0.494 e. The maximum absolute atomic E-state index is 5.78. The highest BCUT2D eigenvalue weighted by Crippen LogP contribution is 2.24. The van der Waals surface area contributed by atoms with Gasteiger partial charge in [-0.2, -0.15) is 0 Å². The van der Waals surface area contributed by atoms with Crippen LogP contribution in [-0.4, -0.2) is 25.4 Å². The third kappa shape index (κ3) is 5.68. The summed E-state index contributed by atoms with van der Waals surface area (Å²) in [5.41, 5.74) is 1.32. The molecule has 1 aliphatic heterocycles. The van der Waals surface area contributed by atoms with Crippen LogP contribution in [0.4, 0.5) is 0 Å². The fourth-order valence-corrected chi connectivity index (χ4v) is 2.69. The van der Waals surface area contributed by atoms with Crippen LogP contribution in [0.1, 0.15) is 51.5 Å². The Bertz CT molecular complexity index is 396. The van der Waals surface area contributed by atoms with Crippen LogP contribution in [0.2, 0.25) is 0 Å². The second-order valence-electron chi connectivity index (χ2n) is 6.20. The van der Waals surface area contributed by atoms with E-state index in [9.17, 15) is 0 Å². The molecule has 1 N–H and O–H groups in total. The second-order valence-corrected chi connectivity index (χ2v) is 6.20. The standard InChI is InChI=1S/C18H29NO2/c1-3-4-5-12-20-17-9-7-16(8-10-17)14-19-15-18(2)11-6-13-21-18/h7-10,19H,3-6,11-15H2,1-2H3. The molecule has 0 amide bonds. The monoisotopic (exact) mass is 291 g/mol. The fraction of sp³-hybridized carbons (Fsp3) is 0.667. The predicted octanol–water partition coefficient (Wildman–Crippen LogP) is 3.91. The molecule has 0 bridgehead atoms. The first-order chi connectivity index (χ1) is 10.2. The SMILES string of the molecule is CCCCCOc1ccc(CNCC2(C)CCCO2)cc1. The molecule has 0 radical (unpaired) electrons. The third-order valence-corrected chi connectivity index (χ3v) is 4.07. The molecule has 0 spiro atoms. The van der Waals surface area contributed by atoms with Crippen LogP contribution in [0, 0.1) is 0 Å². The lowest BCUT2D eigenvalue weighted by Gasteiger charge is -2.23. The Labute approximate surface area is 129 Å². The van der Waals surface area contributed by atoms with Crippen LogP contribution < -0.4 is 10.1 Å². The Balaban J connectivity index is 1.67. The summed E-state index contributed by atoms with van der Waals surface area (Å²) in [7, 11) is 0. The Morgan fingerprint density at radius 3 is 2.71 bits per heavy atom. The van der Waals surface area contributed by atoms with E-state index in [2.05, 4.69) is 43.4 Å². The number of ether oxygens (including phenoxy) is 2. The van der Waals surface area contributed by atoms with Gasteiger partial charge in [0.05, 0.1) is 12.2 Å². The first-order valence-electron chi connectivity index (χ1n) is 8.28. The number of hydrogen-bond acceptors (Lipinski definition) is 3. The van der Waals surface area contributed by atoms with Gasteiger partial charge < -0.3 is 14.8 Å². The van der Waals surface area contributed by atoms with Crippen LogP contribution in [0.5, 0.6) is 5.75 Å². The van der Waals surface area contributed by atoms with Crippen molar-refractivity contribution >= 4 is 0 Å². The van der Waals surface area contributed by atoms with Crippen molar-refractivity contribution in [2.24, 2.45) is 0 Å². The summed E-state index contributed by atoms with van der Waals surface area (Å²) in [6.07, 6.45) is 5.95. The molecule has 0 aromatic heterocycles. The molecule has 3 nitrogen and oxygen atoms in total. The first-order valence-corrected chi connectivity index (χ1v) is 8.28. The highest BCUT2D eigenvalue weighted by Gasteiger charge is 2.28. The van der Waals surface area contributed by atoms with Crippen molar-refractivity contribution in [1.29, 1.82) is 0 Å². The van der Waals surface area contributed by atoms with Crippen molar-refractivity contribution in [2.45, 2.75) is 58.1 Å². The molecule has 118 valence electrons. The maximum Gasteiger partial charge on any atom is 0.119 e. The van der Waals surface area contributed by atoms with E-state index < -0.39 is 0 Å². The minimum Gasteiger partial charge on any atom is -0.494 e. The third-order valence-electron chi connectivity index (χ3n) is 4.07. The van der Waals surface area contributed by atoms with E-state index in [1.807, 2.05) is 0 Å². The summed E-state index contributed by atoms with van der Waals surface area (Å²) in [5, 5.41) is 3.50. The van der Waals surface area contributed by atoms with Gasteiger partial charge in [0.1, 0.15) is 5.75 Å². The maximum atomic E-state index is 5.78. The van der Waals surface area contributed by atoms with E-state index >= 15 is 0 Å². The van der Waals surface area contributed by atoms with Crippen LogP contribution >= 0.6 is 0 Å². The summed E-state index contributed by atoms with van der Waals surface area (Å²) in [4.78, 5) is 0. The Kier molecular flexibility index (Phi) is 6.52. The van der Waals surface area contributed by atoms with Crippen molar-refractivity contribution in [3.05, 3.63) is 29.8 Å². The van der Waals surface area contributed by atoms with E-state index in [-0.39, 0.29) is 5.60 Å². The van der Waals surface area contributed by atoms with E-state index in [1.54, 1.807) is 0 Å². The quantitative estimate of drug-likeness (QED) is 0.700. The van der Waals surface area contributed by atoms with Crippen molar-refractivity contribution in [3.63, 3.8) is 0 Å². The van der Waals surface area contributed by atoms with Gasteiger partial charge in [0.25, 0.3) is 0 Å². The molecular weight excluding hydrogens is 262 g/mol. The molecule has 2 rings (SSSR count). The number of hydrogen-bond donors (Lipinski definition) is 1. The molecule has 1 aromatic carbocycles. The van der Waals surface area contributed by atoms with Gasteiger partial charge in [0.2, 0.25) is 0 Å². The Morgan fingerprint density at radius 1 is 1.24 bits per heavy atom. The molecule has 1 unspecified atom stereocenters. The lowest BCUT2D eigenvalue weighted by atomic mass is 10.0. The zero-order chi connectivity index (χ0) is 15.0. The van der Waals surface area contributed by atoms with Crippen LogP contribution in [0.15, 0.2) is 24.3 Å². The number of rotatable bonds is 9. The lowest BCUT2D eigenvalue weighted by Crippen LogP contribution is -2.36. The molecule has 1 atom stereocenters. The molecule has 3 heteroatoms. The zero-order valence-corrected chi connectivity index (χ0v) is 13.5. The molecule has 1 heterocycles. The van der Waals surface area contributed by atoms with Gasteiger partial charge >= 0.3 is 0 Å². The van der Waals surface area contributed by atoms with Gasteiger partial charge in [0.15, 0.2) is 0 Å². The van der Waals surface area contributed by atoms with Crippen molar-refractivity contribution in [3.8, 4) is 5.75 Å². The smallest absolute Gasteiger partial charge is 0.119 e. The zero-order valence-electron chi connectivity index (χ0n) is 13.5. The summed E-state index contributed by atoms with van der Waals surface area (Å²) in [6, 6.07) is 8.41. The second kappa shape index (κ2) is 8.40. The number of unbranched alkanes of at least 4 members (excludes halogenated alkanes) is 2. The van der Waals surface area contributed by atoms with E-state index in [4.69, 9.17) is 9.47 Å². The molecule has 1 fully saturated rings. The van der Waals surface area contributed by atoms with Crippen LogP contribution in [-0.2, 0) is 11.3 Å². The lowest BCUT2D eigenvalue weighted by molar-refractivity contribution is 0.0207. The summed E-state index contributed by atoms with van der Waals surface area (Å²) >= 11 is 0. The number of nitrogens with one attached hydrogen (secondary N) is 1. The van der Waals surface area contributed by atoms with Crippen LogP contribution in [0.25, 0.3) is 0 Å². The van der Waals surface area contributed by atoms with Gasteiger partial charge in [-0.05, 0) is 43.9 Å². The van der Waals surface area contributed by atoms with E-state index in [0.29, 0.717) is 0 Å². The van der Waals surface area contributed by atoms with E-state index in [1.165, 1.54) is 24.8 Å². The molecule has 0 aliphatic carbocycles. The van der Waals surface area contributed by atoms with Gasteiger partial charge in [-0.25, -0.2) is 0 Å². The molecule has 1 aliphatic rings. The predicted molar refractivity (Wildman–Crippen MR) is 86.8 cm³/mol. The highest BCUT2D eigenvalue weighted by atomic mass is 16.5. The van der Waals surface area contributed by atoms with Gasteiger partial charge in [-0.15, -0.1) is 0 Å². The van der Waals surface area contributed by atoms with Crippen molar-refractivity contribution in [1.82, 2.24) is 5.32 Å². The number of benzene rings is 1. The van der Waals surface area contributed by atoms with Gasteiger partial charge in [-0.1, -0.05) is 31.9 Å². The molecule has 21 heavy (non-hydrogen) atoms. The summed E-state index contributed by atoms with van der Waals surface area (Å²) in [6.45, 7) is 7.93. The molecule has 0 saturated carbocycles. The van der Waals surface area contributed by atoms with Crippen LogP contribution in [0.3, 0.4) is 0 Å². The average molecular weight is 291 g/mol. The van der Waals surface area contributed by atoms with Gasteiger partial charge in [0, 0.05) is 19.7 Å². The minimum absolute atomic E-state index is 0.0301. The Hall–Kier alpha value is -1.06. The molecule has 1 aromatic rings. The van der Waals surface area contributed by atoms with Gasteiger partial charge in [-0.3, -0.25) is 0 Å². The molecular formula is C18H29NO2. The average Bonchev–Trinajstić information content (AvgIpc) is 2.92. The van der Waals surface area contributed by atoms with E-state index in [0.717, 1.165) is 44.9 Å². The normalized spacial score (nSPS) is 21.6. The Morgan fingerprint density at radius 2 is 2.05 bits per heavy atom. The van der Waals surface area contributed by atoms with Crippen molar-refractivity contribution in [2.75, 3.05) is 19.8 Å². The minimum atomic E-state index is 0.0301.